The van der Waals surface area contributed by atoms with Gasteiger partial charge in [-0.2, -0.15) is 0 Å². The Morgan fingerprint density at radius 1 is 1.67 bits per heavy atom. The van der Waals surface area contributed by atoms with Crippen molar-refractivity contribution in [2.45, 2.75) is 20.0 Å². The van der Waals surface area contributed by atoms with Crippen LogP contribution in [0.1, 0.15) is 24.3 Å². The number of aromatic nitrogens is 1. The smallest absolute Gasteiger partial charge is 0.287 e. The number of hydrazine groups is 1. The highest BCUT2D eigenvalue weighted by Crippen LogP contribution is 2.27. The topological polar surface area (TPSA) is 77.2 Å². The molecule has 0 aromatic carbocycles. The number of ether oxygens (including phenoxy) is 1. The number of nitrogen functional groups attached to an aromatic ring is 1. The molecule has 1 aromatic rings. The molecule has 82 valence electrons. The van der Waals surface area contributed by atoms with E-state index < -0.39 is 5.91 Å². The molecule has 0 radical (unpaired) electrons. The minimum absolute atomic E-state index is 0.0821. The average Bonchev–Trinajstić information content (AvgIpc) is 2.19. The third-order valence-electron chi connectivity index (χ3n) is 1.56. The predicted molar refractivity (Wildman–Crippen MR) is 56.7 cm³/mol. The van der Waals surface area contributed by atoms with Crippen molar-refractivity contribution < 1.29 is 9.53 Å². The fourth-order valence-corrected chi connectivity index (χ4v) is 1.19. The Kier molecular flexibility index (Phi) is 3.88. The van der Waals surface area contributed by atoms with Crippen molar-refractivity contribution in [3.8, 4) is 5.75 Å². The van der Waals surface area contributed by atoms with E-state index in [2.05, 4.69) is 4.98 Å². The number of rotatable bonds is 3. The third kappa shape index (κ3) is 2.81. The quantitative estimate of drug-likeness (QED) is 0.463. The Balaban J connectivity index is 3.14. The highest BCUT2D eigenvalue weighted by Gasteiger charge is 2.17. The molecule has 0 aliphatic heterocycles. The van der Waals surface area contributed by atoms with E-state index in [0.717, 1.165) is 0 Å². The molecular formula is C9H12ClN3O2. The summed E-state index contributed by atoms with van der Waals surface area (Å²) in [6, 6.07) is 1.55. The Morgan fingerprint density at radius 3 is 2.87 bits per heavy atom. The number of hydrogen-bond acceptors (Lipinski definition) is 4. The summed E-state index contributed by atoms with van der Waals surface area (Å²) < 4.78 is 5.39. The van der Waals surface area contributed by atoms with Gasteiger partial charge in [-0.05, 0) is 19.9 Å². The summed E-state index contributed by atoms with van der Waals surface area (Å²) in [5.41, 5.74) is 2.06. The van der Waals surface area contributed by atoms with Crippen molar-refractivity contribution in [1.82, 2.24) is 10.4 Å². The van der Waals surface area contributed by atoms with Crippen LogP contribution in [0.15, 0.2) is 12.3 Å². The van der Waals surface area contributed by atoms with Gasteiger partial charge >= 0.3 is 0 Å². The minimum Gasteiger partial charge on any atom is -0.487 e. The summed E-state index contributed by atoms with van der Waals surface area (Å²) >= 11 is 5.89. The molecule has 0 bridgehead atoms. The molecule has 0 unspecified atom stereocenters. The Bertz CT molecular complexity index is 368. The average molecular weight is 230 g/mol. The molecule has 0 atom stereocenters. The van der Waals surface area contributed by atoms with Gasteiger partial charge < -0.3 is 4.74 Å². The van der Waals surface area contributed by atoms with Gasteiger partial charge in [0.15, 0.2) is 11.4 Å². The zero-order valence-electron chi connectivity index (χ0n) is 8.45. The zero-order valence-corrected chi connectivity index (χ0v) is 9.21. The van der Waals surface area contributed by atoms with Crippen LogP contribution in [-0.4, -0.2) is 17.0 Å². The van der Waals surface area contributed by atoms with Gasteiger partial charge in [-0.25, -0.2) is 10.8 Å². The normalized spacial score (nSPS) is 10.2. The molecule has 15 heavy (non-hydrogen) atoms. The van der Waals surface area contributed by atoms with E-state index in [-0.39, 0.29) is 17.5 Å². The highest BCUT2D eigenvalue weighted by atomic mass is 35.5. The fraction of sp³-hybridized carbons (Fsp3) is 0.333. The first-order valence-electron chi connectivity index (χ1n) is 4.38. The highest BCUT2D eigenvalue weighted by molar-refractivity contribution is 6.32. The molecule has 0 aliphatic rings. The first kappa shape index (κ1) is 11.7. The van der Waals surface area contributed by atoms with Gasteiger partial charge in [-0.15, -0.1) is 0 Å². The Hall–Kier alpha value is -1.33. The van der Waals surface area contributed by atoms with Crippen molar-refractivity contribution in [1.29, 1.82) is 0 Å². The van der Waals surface area contributed by atoms with Crippen LogP contribution in [0, 0.1) is 0 Å². The first-order valence-corrected chi connectivity index (χ1v) is 4.76. The lowest BCUT2D eigenvalue weighted by Crippen LogP contribution is -2.31. The largest absolute Gasteiger partial charge is 0.487 e. The van der Waals surface area contributed by atoms with Crippen LogP contribution in [0.3, 0.4) is 0 Å². The van der Waals surface area contributed by atoms with E-state index in [0.29, 0.717) is 5.02 Å². The molecule has 3 N–H and O–H groups in total. The maximum Gasteiger partial charge on any atom is 0.287 e. The number of nitrogens with two attached hydrogens (primary N) is 1. The lowest BCUT2D eigenvalue weighted by molar-refractivity contribution is 0.0942. The molecule has 0 saturated carbocycles. The zero-order chi connectivity index (χ0) is 11.4. The van der Waals surface area contributed by atoms with Crippen LogP contribution in [0.2, 0.25) is 5.02 Å². The number of carbonyl (C=O) groups excluding carboxylic acids is 1. The van der Waals surface area contributed by atoms with E-state index in [4.69, 9.17) is 22.2 Å². The molecular weight excluding hydrogens is 218 g/mol. The van der Waals surface area contributed by atoms with Crippen molar-refractivity contribution in [2.24, 2.45) is 5.84 Å². The van der Waals surface area contributed by atoms with E-state index >= 15 is 0 Å². The maximum absolute atomic E-state index is 11.3. The third-order valence-corrected chi connectivity index (χ3v) is 1.85. The van der Waals surface area contributed by atoms with Crippen LogP contribution in [0.5, 0.6) is 5.75 Å². The van der Waals surface area contributed by atoms with E-state index in [1.807, 2.05) is 19.3 Å². The maximum atomic E-state index is 11.3. The van der Waals surface area contributed by atoms with Crippen LogP contribution in [-0.2, 0) is 0 Å². The Morgan fingerprint density at radius 2 is 2.33 bits per heavy atom. The molecule has 5 nitrogen and oxygen atoms in total. The van der Waals surface area contributed by atoms with Crippen molar-refractivity contribution in [3.63, 3.8) is 0 Å². The van der Waals surface area contributed by atoms with Crippen molar-refractivity contribution in [2.75, 3.05) is 0 Å². The second kappa shape index (κ2) is 4.95. The summed E-state index contributed by atoms with van der Waals surface area (Å²) in [4.78, 5) is 15.2. The van der Waals surface area contributed by atoms with E-state index in [1.165, 1.54) is 6.20 Å². The number of nitrogens with zero attached hydrogens (tertiary/aromatic N) is 1. The standard InChI is InChI=1S/C9H12ClN3O2/c1-5(2)15-8-6(10)3-4-12-7(8)9(14)13-11/h3-5H,11H2,1-2H3,(H,13,14). The summed E-state index contributed by atoms with van der Waals surface area (Å²) in [7, 11) is 0. The summed E-state index contributed by atoms with van der Waals surface area (Å²) in [6.45, 7) is 3.65. The van der Waals surface area contributed by atoms with E-state index in [1.54, 1.807) is 6.07 Å². The monoisotopic (exact) mass is 229 g/mol. The van der Waals surface area contributed by atoms with Crippen LogP contribution in [0.4, 0.5) is 0 Å². The van der Waals surface area contributed by atoms with E-state index in [9.17, 15) is 4.79 Å². The van der Waals surface area contributed by atoms with Gasteiger partial charge in [0.2, 0.25) is 0 Å². The molecule has 0 aliphatic carbocycles. The van der Waals surface area contributed by atoms with Gasteiger partial charge in [0.25, 0.3) is 5.91 Å². The van der Waals surface area contributed by atoms with Crippen LogP contribution >= 0.6 is 11.6 Å². The number of pyridine rings is 1. The number of hydrogen-bond donors (Lipinski definition) is 2. The molecule has 1 aromatic heterocycles. The van der Waals surface area contributed by atoms with Gasteiger partial charge in [0, 0.05) is 6.20 Å². The summed E-state index contributed by atoms with van der Waals surface area (Å²) in [5.74, 6) is 4.73. The minimum atomic E-state index is -0.534. The number of halogens is 1. The summed E-state index contributed by atoms with van der Waals surface area (Å²) in [5, 5.41) is 0.331. The number of carbonyl (C=O) groups is 1. The lowest BCUT2D eigenvalue weighted by atomic mass is 10.3. The fourth-order valence-electron chi connectivity index (χ4n) is 1.00. The first-order chi connectivity index (χ1) is 7.06. The second-order valence-corrected chi connectivity index (χ2v) is 3.52. The molecule has 1 rings (SSSR count). The number of amides is 1. The molecule has 0 fully saturated rings. The summed E-state index contributed by atoms with van der Waals surface area (Å²) in [6.07, 6.45) is 1.32. The molecule has 0 saturated heterocycles. The van der Waals surface area contributed by atoms with Gasteiger partial charge in [0.1, 0.15) is 0 Å². The second-order valence-electron chi connectivity index (χ2n) is 3.11. The number of nitrogens with one attached hydrogen (secondary N) is 1. The Labute approximate surface area is 92.5 Å². The SMILES string of the molecule is CC(C)Oc1c(Cl)ccnc1C(=O)NN. The molecule has 1 amide bonds. The van der Waals surface area contributed by atoms with Crippen LogP contribution < -0.4 is 16.0 Å². The van der Waals surface area contributed by atoms with Gasteiger partial charge in [-0.1, -0.05) is 11.6 Å². The lowest BCUT2D eigenvalue weighted by Gasteiger charge is -2.13. The predicted octanol–water partition coefficient (Wildman–Crippen LogP) is 1.13. The van der Waals surface area contributed by atoms with Crippen LogP contribution in [0.25, 0.3) is 0 Å². The molecule has 1 heterocycles. The molecule has 6 heteroatoms. The van der Waals surface area contributed by atoms with Crippen molar-refractivity contribution in [3.05, 3.63) is 23.0 Å². The molecule has 0 spiro atoms. The van der Waals surface area contributed by atoms with Crippen molar-refractivity contribution >= 4 is 17.5 Å². The van der Waals surface area contributed by atoms with Gasteiger partial charge in [0.05, 0.1) is 11.1 Å². The van der Waals surface area contributed by atoms with Gasteiger partial charge in [-0.3, -0.25) is 10.2 Å².